The molecule has 0 aliphatic carbocycles. The van der Waals surface area contributed by atoms with Crippen LogP contribution in [-0.2, 0) is 6.42 Å². The fraction of sp³-hybridized carbons (Fsp3) is 0.118. The maximum Gasteiger partial charge on any atom is 0.161 e. The van der Waals surface area contributed by atoms with Crippen molar-refractivity contribution in [2.75, 3.05) is 0 Å². The number of hydrogen-bond acceptors (Lipinski definition) is 1. The van der Waals surface area contributed by atoms with Gasteiger partial charge in [-0.25, -0.2) is 0 Å². The summed E-state index contributed by atoms with van der Waals surface area (Å²) in [6, 6.07) is 17.5. The number of carbonyl (C=O) groups excluding carboxylic acids is 1. The average molecular weight is 234 g/mol. The maximum atomic E-state index is 11.4. The summed E-state index contributed by atoms with van der Waals surface area (Å²) in [7, 11) is 0. The highest BCUT2D eigenvalue weighted by molar-refractivity contribution is 5.96. The Kier molecular flexibility index (Phi) is 3.94. The molecule has 1 heteroatoms. The van der Waals surface area contributed by atoms with Gasteiger partial charge in [-0.05, 0) is 18.6 Å². The first-order chi connectivity index (χ1) is 8.77. The molecule has 0 unspecified atom stereocenters. The molecule has 0 saturated heterocycles. The smallest absolute Gasteiger partial charge is 0.161 e. The first-order valence-electron chi connectivity index (χ1n) is 5.90. The third-order valence-corrected chi connectivity index (χ3v) is 2.66. The van der Waals surface area contributed by atoms with Crippen molar-refractivity contribution in [2.45, 2.75) is 13.3 Å². The van der Waals surface area contributed by atoms with Crippen LogP contribution in [0.15, 0.2) is 54.6 Å². The van der Waals surface area contributed by atoms with Crippen LogP contribution in [0.4, 0.5) is 0 Å². The van der Waals surface area contributed by atoms with E-state index in [4.69, 9.17) is 0 Å². The summed E-state index contributed by atoms with van der Waals surface area (Å²) in [6.45, 7) is 1.57. The van der Waals surface area contributed by atoms with E-state index in [0.717, 1.165) is 5.56 Å². The molecule has 88 valence electrons. The third-order valence-electron chi connectivity index (χ3n) is 2.66. The summed E-state index contributed by atoms with van der Waals surface area (Å²) in [5, 5.41) is 0. The largest absolute Gasteiger partial charge is 0.294 e. The van der Waals surface area contributed by atoms with Gasteiger partial charge in [0.05, 0.1) is 0 Å². The van der Waals surface area contributed by atoms with Crippen LogP contribution in [-0.4, -0.2) is 5.78 Å². The van der Waals surface area contributed by atoms with Gasteiger partial charge in [0, 0.05) is 17.5 Å². The van der Waals surface area contributed by atoms with E-state index in [1.54, 1.807) is 6.92 Å². The first-order valence-corrected chi connectivity index (χ1v) is 5.90. The van der Waals surface area contributed by atoms with E-state index in [1.807, 2.05) is 54.6 Å². The van der Waals surface area contributed by atoms with Crippen LogP contribution < -0.4 is 0 Å². The van der Waals surface area contributed by atoms with E-state index in [2.05, 4.69) is 11.8 Å². The predicted molar refractivity (Wildman–Crippen MR) is 73.5 cm³/mol. The number of carbonyl (C=O) groups is 1. The van der Waals surface area contributed by atoms with Gasteiger partial charge in [-0.1, -0.05) is 60.4 Å². The lowest BCUT2D eigenvalue weighted by Gasteiger charge is -1.98. The van der Waals surface area contributed by atoms with Crippen molar-refractivity contribution in [1.29, 1.82) is 0 Å². The zero-order valence-electron chi connectivity index (χ0n) is 10.3. The van der Waals surface area contributed by atoms with Gasteiger partial charge in [-0.3, -0.25) is 4.79 Å². The van der Waals surface area contributed by atoms with Crippen molar-refractivity contribution in [2.24, 2.45) is 0 Å². The first kappa shape index (κ1) is 12.1. The molecule has 0 heterocycles. The van der Waals surface area contributed by atoms with Crippen LogP contribution in [0.3, 0.4) is 0 Å². The zero-order valence-corrected chi connectivity index (χ0v) is 10.3. The molecule has 18 heavy (non-hydrogen) atoms. The number of benzene rings is 2. The highest BCUT2D eigenvalue weighted by atomic mass is 16.1. The molecule has 0 aliphatic rings. The molecular formula is C17H14O. The van der Waals surface area contributed by atoms with Gasteiger partial charge >= 0.3 is 0 Å². The van der Waals surface area contributed by atoms with Crippen LogP contribution in [0.2, 0.25) is 0 Å². The Morgan fingerprint density at radius 1 is 1.00 bits per heavy atom. The standard InChI is InChI=1S/C17H14O/c1-14(18)17-13-6-5-11-16(17)12-7-10-15-8-3-2-4-9-15/h2-6,8-9,11,13H,10H2,1H3. The second-order valence-corrected chi connectivity index (χ2v) is 4.07. The SMILES string of the molecule is CC(=O)c1ccccc1C#CCc1ccccc1. The van der Waals surface area contributed by atoms with Gasteiger partial charge in [0.1, 0.15) is 0 Å². The normalized spacial score (nSPS) is 9.39. The molecule has 0 atom stereocenters. The second-order valence-electron chi connectivity index (χ2n) is 4.07. The van der Waals surface area contributed by atoms with Crippen molar-refractivity contribution in [3.8, 4) is 11.8 Å². The molecule has 2 rings (SSSR count). The molecule has 0 fully saturated rings. The van der Waals surface area contributed by atoms with Crippen LogP contribution >= 0.6 is 0 Å². The Balaban J connectivity index is 2.18. The van der Waals surface area contributed by atoms with E-state index in [0.29, 0.717) is 12.0 Å². The monoisotopic (exact) mass is 234 g/mol. The van der Waals surface area contributed by atoms with Crippen molar-refractivity contribution in [3.05, 3.63) is 71.3 Å². The fourth-order valence-corrected chi connectivity index (χ4v) is 1.74. The molecule has 0 aromatic heterocycles. The second kappa shape index (κ2) is 5.84. The minimum Gasteiger partial charge on any atom is -0.294 e. The lowest BCUT2D eigenvalue weighted by atomic mass is 10.0. The summed E-state index contributed by atoms with van der Waals surface area (Å²) in [4.78, 5) is 11.4. The van der Waals surface area contributed by atoms with E-state index in [-0.39, 0.29) is 5.78 Å². The molecule has 0 N–H and O–H groups in total. The summed E-state index contributed by atoms with van der Waals surface area (Å²) < 4.78 is 0. The lowest BCUT2D eigenvalue weighted by molar-refractivity contribution is 0.101. The number of hydrogen-bond donors (Lipinski definition) is 0. The van der Waals surface area contributed by atoms with Crippen molar-refractivity contribution in [1.82, 2.24) is 0 Å². The van der Waals surface area contributed by atoms with Crippen molar-refractivity contribution >= 4 is 5.78 Å². The van der Waals surface area contributed by atoms with E-state index >= 15 is 0 Å². The highest BCUT2D eigenvalue weighted by Crippen LogP contribution is 2.08. The zero-order chi connectivity index (χ0) is 12.8. The van der Waals surface area contributed by atoms with Gasteiger partial charge in [0.15, 0.2) is 5.78 Å². The summed E-state index contributed by atoms with van der Waals surface area (Å²) >= 11 is 0. The maximum absolute atomic E-state index is 11.4. The molecule has 0 spiro atoms. The number of Topliss-reactive ketones (excluding diaryl/α,β-unsaturated/α-hetero) is 1. The Morgan fingerprint density at radius 3 is 2.39 bits per heavy atom. The molecule has 2 aromatic carbocycles. The van der Waals surface area contributed by atoms with E-state index < -0.39 is 0 Å². The number of rotatable bonds is 2. The van der Waals surface area contributed by atoms with Gasteiger partial charge in [0.2, 0.25) is 0 Å². The van der Waals surface area contributed by atoms with E-state index in [9.17, 15) is 4.79 Å². The van der Waals surface area contributed by atoms with Crippen molar-refractivity contribution in [3.63, 3.8) is 0 Å². The van der Waals surface area contributed by atoms with E-state index in [1.165, 1.54) is 5.56 Å². The molecular weight excluding hydrogens is 220 g/mol. The molecule has 1 nitrogen and oxygen atoms in total. The quantitative estimate of drug-likeness (QED) is 0.574. The van der Waals surface area contributed by atoms with Crippen LogP contribution in [0, 0.1) is 11.8 Å². The summed E-state index contributed by atoms with van der Waals surface area (Å²) in [6.07, 6.45) is 0.701. The minimum absolute atomic E-state index is 0.0552. The lowest BCUT2D eigenvalue weighted by Crippen LogP contribution is -1.95. The van der Waals surface area contributed by atoms with Gasteiger partial charge in [0.25, 0.3) is 0 Å². The van der Waals surface area contributed by atoms with Crippen LogP contribution in [0.1, 0.15) is 28.4 Å². The molecule has 0 bridgehead atoms. The topological polar surface area (TPSA) is 17.1 Å². The Morgan fingerprint density at radius 2 is 1.67 bits per heavy atom. The Labute approximate surface area is 107 Å². The van der Waals surface area contributed by atoms with Gasteiger partial charge < -0.3 is 0 Å². The van der Waals surface area contributed by atoms with Crippen LogP contribution in [0.5, 0.6) is 0 Å². The Bertz CT molecular complexity index is 600. The molecule has 0 radical (unpaired) electrons. The average Bonchev–Trinajstić information content (AvgIpc) is 2.40. The molecule has 0 saturated carbocycles. The molecule has 2 aromatic rings. The molecule has 0 aliphatic heterocycles. The number of ketones is 1. The van der Waals surface area contributed by atoms with Crippen molar-refractivity contribution < 1.29 is 4.79 Å². The van der Waals surface area contributed by atoms with Gasteiger partial charge in [-0.2, -0.15) is 0 Å². The van der Waals surface area contributed by atoms with Gasteiger partial charge in [-0.15, -0.1) is 0 Å². The molecule has 0 amide bonds. The summed E-state index contributed by atoms with van der Waals surface area (Å²) in [5.41, 5.74) is 2.68. The fourth-order valence-electron chi connectivity index (χ4n) is 1.74. The summed E-state index contributed by atoms with van der Waals surface area (Å²) in [5.74, 6) is 6.24. The minimum atomic E-state index is 0.0552. The van der Waals surface area contributed by atoms with Crippen LogP contribution in [0.25, 0.3) is 0 Å². The predicted octanol–water partition coefficient (Wildman–Crippen LogP) is 3.48. The Hall–Kier alpha value is -2.33. The third kappa shape index (κ3) is 3.09. The highest BCUT2D eigenvalue weighted by Gasteiger charge is 2.02.